The van der Waals surface area contributed by atoms with Gasteiger partial charge >= 0.3 is 0 Å². The average molecular weight is 294 g/mol. The summed E-state index contributed by atoms with van der Waals surface area (Å²) in [6, 6.07) is 5.95. The molecule has 0 radical (unpaired) electrons. The molecule has 1 amide bonds. The number of anilines is 1. The van der Waals surface area contributed by atoms with Gasteiger partial charge in [0.25, 0.3) is 0 Å². The minimum Gasteiger partial charge on any atom is -0.325 e. The molecule has 1 unspecified atom stereocenters. The number of allylic oxidation sites excluding steroid dienone is 2. The molecule has 0 saturated carbocycles. The maximum Gasteiger partial charge on any atom is 0.227 e. The van der Waals surface area contributed by atoms with Crippen LogP contribution < -0.4 is 5.32 Å². The lowest BCUT2D eigenvalue weighted by atomic mass is 9.93. The number of halogens is 1. The molecule has 0 aliphatic heterocycles. The number of aryl methyl sites for hydroxylation is 1. The molecule has 1 aliphatic carbocycles. The molecule has 0 heterocycles. The molecule has 2 nitrogen and oxygen atoms in total. The maximum absolute atomic E-state index is 12.0. The van der Waals surface area contributed by atoms with E-state index in [1.165, 1.54) is 5.56 Å². The summed E-state index contributed by atoms with van der Waals surface area (Å²) in [4.78, 5) is 12.0. The summed E-state index contributed by atoms with van der Waals surface area (Å²) >= 11 is 3.47. The van der Waals surface area contributed by atoms with E-state index in [-0.39, 0.29) is 11.8 Å². The summed E-state index contributed by atoms with van der Waals surface area (Å²) in [7, 11) is 0. The Morgan fingerprint density at radius 1 is 1.41 bits per heavy atom. The van der Waals surface area contributed by atoms with Gasteiger partial charge in [-0.25, -0.2) is 0 Å². The lowest BCUT2D eigenvalue weighted by Gasteiger charge is -2.17. The van der Waals surface area contributed by atoms with Crippen molar-refractivity contribution in [2.45, 2.75) is 26.2 Å². The smallest absolute Gasteiger partial charge is 0.227 e. The monoisotopic (exact) mass is 293 g/mol. The van der Waals surface area contributed by atoms with E-state index in [4.69, 9.17) is 0 Å². The summed E-state index contributed by atoms with van der Waals surface area (Å²) in [6.07, 6.45) is 7.05. The van der Waals surface area contributed by atoms with Gasteiger partial charge in [-0.3, -0.25) is 4.79 Å². The summed E-state index contributed by atoms with van der Waals surface area (Å²) < 4.78 is 0.942. The van der Waals surface area contributed by atoms with E-state index in [2.05, 4.69) is 33.4 Å². The predicted molar refractivity (Wildman–Crippen MR) is 74.0 cm³/mol. The summed E-state index contributed by atoms with van der Waals surface area (Å²) in [5, 5.41) is 2.99. The van der Waals surface area contributed by atoms with Crippen LogP contribution in [-0.2, 0) is 4.79 Å². The Bertz CT molecular complexity index is 454. The molecule has 17 heavy (non-hydrogen) atoms. The molecule has 1 atom stereocenters. The largest absolute Gasteiger partial charge is 0.325 e. The van der Waals surface area contributed by atoms with Crippen LogP contribution in [-0.4, -0.2) is 5.91 Å². The molecule has 1 aromatic carbocycles. The van der Waals surface area contributed by atoms with E-state index in [9.17, 15) is 4.79 Å². The summed E-state index contributed by atoms with van der Waals surface area (Å²) in [5.74, 6) is 0.243. The third kappa shape index (κ3) is 3.19. The quantitative estimate of drug-likeness (QED) is 0.819. The van der Waals surface area contributed by atoms with Gasteiger partial charge in [0.1, 0.15) is 0 Å². The van der Waals surface area contributed by atoms with Gasteiger partial charge in [-0.05, 0) is 59.8 Å². The second kappa shape index (κ2) is 5.50. The van der Waals surface area contributed by atoms with Crippen LogP contribution in [0.25, 0.3) is 0 Å². The van der Waals surface area contributed by atoms with Crippen molar-refractivity contribution in [3.63, 3.8) is 0 Å². The first-order chi connectivity index (χ1) is 8.16. The standard InChI is InChI=1S/C14H16BrNO/c1-10-7-8-13(12(15)9-10)16-14(17)11-5-3-2-4-6-11/h2-3,7-9,11H,4-6H2,1H3,(H,16,17). The molecule has 0 aromatic heterocycles. The normalized spacial score (nSPS) is 19.1. The molecule has 0 fully saturated rings. The summed E-state index contributed by atoms with van der Waals surface area (Å²) in [6.45, 7) is 2.03. The molecular weight excluding hydrogens is 278 g/mol. The second-order valence-electron chi connectivity index (χ2n) is 4.45. The van der Waals surface area contributed by atoms with Gasteiger partial charge in [0.15, 0.2) is 0 Å². The van der Waals surface area contributed by atoms with E-state index >= 15 is 0 Å². The Balaban J connectivity index is 2.05. The van der Waals surface area contributed by atoms with Gasteiger partial charge in [-0.1, -0.05) is 18.2 Å². The van der Waals surface area contributed by atoms with Gasteiger partial charge in [0, 0.05) is 10.4 Å². The van der Waals surface area contributed by atoms with Crippen LogP contribution in [0.4, 0.5) is 5.69 Å². The first-order valence-electron chi connectivity index (χ1n) is 5.89. The lowest BCUT2D eigenvalue weighted by Crippen LogP contribution is -2.23. The maximum atomic E-state index is 12.0. The Hall–Kier alpha value is -1.09. The van der Waals surface area contributed by atoms with Gasteiger partial charge in [-0.15, -0.1) is 0 Å². The molecule has 0 bridgehead atoms. The first kappa shape index (κ1) is 12.4. The van der Waals surface area contributed by atoms with Crippen molar-refractivity contribution in [1.82, 2.24) is 0 Å². The average Bonchev–Trinajstić information content (AvgIpc) is 2.34. The summed E-state index contributed by atoms with van der Waals surface area (Å²) in [5.41, 5.74) is 2.03. The number of carbonyl (C=O) groups excluding carboxylic acids is 1. The number of carbonyl (C=O) groups is 1. The van der Waals surface area contributed by atoms with Crippen LogP contribution in [0.5, 0.6) is 0 Å². The number of hydrogen-bond donors (Lipinski definition) is 1. The Morgan fingerprint density at radius 2 is 2.24 bits per heavy atom. The SMILES string of the molecule is Cc1ccc(NC(=O)C2CC=CCC2)c(Br)c1. The van der Waals surface area contributed by atoms with Crippen molar-refractivity contribution in [2.75, 3.05) is 5.32 Å². The predicted octanol–water partition coefficient (Wildman–Crippen LogP) is 4.05. The Morgan fingerprint density at radius 3 is 2.88 bits per heavy atom. The van der Waals surface area contributed by atoms with Gasteiger partial charge in [-0.2, -0.15) is 0 Å². The highest BCUT2D eigenvalue weighted by molar-refractivity contribution is 9.10. The molecule has 90 valence electrons. The van der Waals surface area contributed by atoms with E-state index in [1.54, 1.807) is 0 Å². The molecule has 0 spiro atoms. The van der Waals surface area contributed by atoms with Gasteiger partial charge in [0.05, 0.1) is 5.69 Å². The number of benzene rings is 1. The van der Waals surface area contributed by atoms with Gasteiger partial charge < -0.3 is 5.32 Å². The molecule has 2 rings (SSSR count). The van der Waals surface area contributed by atoms with Crippen molar-refractivity contribution < 1.29 is 4.79 Å². The number of rotatable bonds is 2. The van der Waals surface area contributed by atoms with Crippen LogP contribution in [0.15, 0.2) is 34.8 Å². The Labute approximate surface area is 110 Å². The highest BCUT2D eigenvalue weighted by Crippen LogP contribution is 2.26. The minimum atomic E-state index is 0.119. The third-order valence-corrected chi connectivity index (χ3v) is 3.68. The highest BCUT2D eigenvalue weighted by Gasteiger charge is 2.19. The molecule has 1 aromatic rings. The molecule has 3 heteroatoms. The zero-order valence-electron chi connectivity index (χ0n) is 9.87. The van der Waals surface area contributed by atoms with Crippen molar-refractivity contribution >= 4 is 27.5 Å². The number of nitrogens with one attached hydrogen (secondary N) is 1. The third-order valence-electron chi connectivity index (χ3n) is 3.02. The van der Waals surface area contributed by atoms with E-state index in [1.807, 2.05) is 25.1 Å². The second-order valence-corrected chi connectivity index (χ2v) is 5.31. The zero-order chi connectivity index (χ0) is 12.3. The van der Waals surface area contributed by atoms with E-state index in [0.29, 0.717) is 0 Å². The fraction of sp³-hybridized carbons (Fsp3) is 0.357. The van der Waals surface area contributed by atoms with Crippen LogP contribution in [0, 0.1) is 12.8 Å². The van der Waals surface area contributed by atoms with Crippen LogP contribution in [0.3, 0.4) is 0 Å². The first-order valence-corrected chi connectivity index (χ1v) is 6.68. The van der Waals surface area contributed by atoms with E-state index in [0.717, 1.165) is 29.4 Å². The van der Waals surface area contributed by atoms with Crippen LogP contribution in [0.2, 0.25) is 0 Å². The zero-order valence-corrected chi connectivity index (χ0v) is 11.5. The molecule has 1 N–H and O–H groups in total. The highest BCUT2D eigenvalue weighted by atomic mass is 79.9. The van der Waals surface area contributed by atoms with Crippen molar-refractivity contribution in [2.24, 2.45) is 5.92 Å². The topological polar surface area (TPSA) is 29.1 Å². The number of hydrogen-bond acceptors (Lipinski definition) is 1. The van der Waals surface area contributed by atoms with Crippen molar-refractivity contribution in [3.8, 4) is 0 Å². The van der Waals surface area contributed by atoms with Crippen LogP contribution >= 0.6 is 15.9 Å². The van der Waals surface area contributed by atoms with Crippen molar-refractivity contribution in [3.05, 3.63) is 40.4 Å². The lowest BCUT2D eigenvalue weighted by molar-refractivity contribution is -0.120. The number of amides is 1. The van der Waals surface area contributed by atoms with Gasteiger partial charge in [0.2, 0.25) is 5.91 Å². The fourth-order valence-electron chi connectivity index (χ4n) is 1.99. The van der Waals surface area contributed by atoms with Crippen molar-refractivity contribution in [1.29, 1.82) is 0 Å². The fourth-order valence-corrected chi connectivity index (χ4v) is 2.58. The molecule has 1 aliphatic rings. The van der Waals surface area contributed by atoms with E-state index < -0.39 is 0 Å². The van der Waals surface area contributed by atoms with Crippen LogP contribution in [0.1, 0.15) is 24.8 Å². The molecule has 0 saturated heterocycles. The Kier molecular flexibility index (Phi) is 4.00. The molecular formula is C14H16BrNO. The minimum absolute atomic E-state index is 0.119.